The summed E-state index contributed by atoms with van der Waals surface area (Å²) >= 11 is 0. The standard InChI is InChI=1S/C15H21FN2O2/c16-13-7-6-11(10-14(13)17)18-15(19)8-9-20-12-4-2-1-3-5-12/h6-7,10,12H,1-5,8-9,17H2,(H,18,19). The maximum Gasteiger partial charge on any atom is 0.226 e. The van der Waals surface area contributed by atoms with E-state index in [9.17, 15) is 9.18 Å². The van der Waals surface area contributed by atoms with E-state index in [1.807, 2.05) is 0 Å². The minimum absolute atomic E-state index is 0.0289. The number of nitrogens with two attached hydrogens (primary N) is 1. The highest BCUT2D eigenvalue weighted by atomic mass is 19.1. The Kier molecular flexibility index (Phi) is 5.35. The normalized spacial score (nSPS) is 16.1. The van der Waals surface area contributed by atoms with Gasteiger partial charge in [-0.2, -0.15) is 0 Å². The van der Waals surface area contributed by atoms with Crippen LogP contribution in [0.2, 0.25) is 0 Å². The van der Waals surface area contributed by atoms with Crippen molar-refractivity contribution in [2.24, 2.45) is 0 Å². The Morgan fingerprint density at radius 1 is 1.35 bits per heavy atom. The van der Waals surface area contributed by atoms with E-state index in [0.717, 1.165) is 12.8 Å². The molecule has 1 amide bonds. The van der Waals surface area contributed by atoms with Gasteiger partial charge in [0.25, 0.3) is 0 Å². The van der Waals surface area contributed by atoms with Crippen LogP contribution in [0.4, 0.5) is 15.8 Å². The third-order valence-electron chi connectivity index (χ3n) is 3.51. The van der Waals surface area contributed by atoms with Crippen LogP contribution in [0.1, 0.15) is 38.5 Å². The molecule has 20 heavy (non-hydrogen) atoms. The Morgan fingerprint density at radius 2 is 2.10 bits per heavy atom. The lowest BCUT2D eigenvalue weighted by molar-refractivity contribution is -0.117. The van der Waals surface area contributed by atoms with Crippen molar-refractivity contribution in [3.8, 4) is 0 Å². The van der Waals surface area contributed by atoms with Gasteiger partial charge in [0.1, 0.15) is 5.82 Å². The number of amides is 1. The number of nitrogens with one attached hydrogen (secondary N) is 1. The maximum absolute atomic E-state index is 13.0. The molecule has 0 unspecified atom stereocenters. The summed E-state index contributed by atoms with van der Waals surface area (Å²) in [5.41, 5.74) is 5.98. The average molecular weight is 280 g/mol. The van der Waals surface area contributed by atoms with E-state index in [-0.39, 0.29) is 11.6 Å². The fraction of sp³-hybridized carbons (Fsp3) is 0.533. The van der Waals surface area contributed by atoms with Crippen molar-refractivity contribution in [3.05, 3.63) is 24.0 Å². The van der Waals surface area contributed by atoms with Gasteiger partial charge in [0.05, 0.1) is 24.8 Å². The first-order chi connectivity index (χ1) is 9.65. The average Bonchev–Trinajstić information content (AvgIpc) is 2.44. The lowest BCUT2D eigenvalue weighted by Crippen LogP contribution is -2.20. The molecule has 1 fully saturated rings. The molecule has 0 radical (unpaired) electrons. The maximum atomic E-state index is 13.0. The first kappa shape index (κ1) is 14.8. The van der Waals surface area contributed by atoms with Gasteiger partial charge in [0.15, 0.2) is 0 Å². The minimum atomic E-state index is -0.483. The molecule has 0 atom stereocenters. The zero-order valence-corrected chi connectivity index (χ0v) is 11.5. The van der Waals surface area contributed by atoms with Crippen LogP contribution in [0, 0.1) is 5.82 Å². The van der Waals surface area contributed by atoms with Crippen LogP contribution >= 0.6 is 0 Å². The number of benzene rings is 1. The molecule has 4 nitrogen and oxygen atoms in total. The number of hydrogen-bond acceptors (Lipinski definition) is 3. The van der Waals surface area contributed by atoms with Gasteiger partial charge in [0.2, 0.25) is 5.91 Å². The lowest BCUT2D eigenvalue weighted by atomic mass is 9.98. The van der Waals surface area contributed by atoms with E-state index >= 15 is 0 Å². The Morgan fingerprint density at radius 3 is 2.80 bits per heavy atom. The smallest absolute Gasteiger partial charge is 0.226 e. The van der Waals surface area contributed by atoms with Crippen molar-refractivity contribution in [2.75, 3.05) is 17.7 Å². The molecular weight excluding hydrogens is 259 g/mol. The number of nitrogen functional groups attached to an aromatic ring is 1. The molecular formula is C15H21FN2O2. The number of hydrogen-bond donors (Lipinski definition) is 2. The number of carbonyl (C=O) groups is 1. The summed E-state index contributed by atoms with van der Waals surface area (Å²) in [7, 11) is 0. The van der Waals surface area contributed by atoms with Crippen LogP contribution < -0.4 is 11.1 Å². The van der Waals surface area contributed by atoms with E-state index in [2.05, 4.69) is 5.32 Å². The van der Waals surface area contributed by atoms with E-state index in [1.165, 1.54) is 37.5 Å². The van der Waals surface area contributed by atoms with E-state index in [4.69, 9.17) is 10.5 Å². The Balaban J connectivity index is 1.70. The molecule has 110 valence electrons. The molecule has 0 heterocycles. The van der Waals surface area contributed by atoms with Crippen molar-refractivity contribution in [1.29, 1.82) is 0 Å². The zero-order chi connectivity index (χ0) is 14.4. The van der Waals surface area contributed by atoms with E-state index < -0.39 is 5.82 Å². The largest absolute Gasteiger partial charge is 0.396 e. The second-order valence-corrected chi connectivity index (χ2v) is 5.17. The summed E-state index contributed by atoms with van der Waals surface area (Å²) in [5.74, 6) is -0.629. The molecule has 0 aliphatic heterocycles. The molecule has 1 aromatic rings. The SMILES string of the molecule is Nc1cc(NC(=O)CCOC2CCCCC2)ccc1F. The molecule has 0 aromatic heterocycles. The zero-order valence-electron chi connectivity index (χ0n) is 11.5. The summed E-state index contributed by atoms with van der Waals surface area (Å²) in [6, 6.07) is 4.14. The highest BCUT2D eigenvalue weighted by Gasteiger charge is 2.14. The van der Waals surface area contributed by atoms with Gasteiger partial charge >= 0.3 is 0 Å². The predicted molar refractivity (Wildman–Crippen MR) is 76.9 cm³/mol. The van der Waals surface area contributed by atoms with Crippen LogP contribution in [0.5, 0.6) is 0 Å². The number of rotatable bonds is 5. The van der Waals surface area contributed by atoms with Crippen LogP contribution in [0.15, 0.2) is 18.2 Å². The van der Waals surface area contributed by atoms with Gasteiger partial charge < -0.3 is 15.8 Å². The number of carbonyl (C=O) groups excluding carboxylic acids is 1. The summed E-state index contributed by atoms with van der Waals surface area (Å²) in [6.07, 6.45) is 6.50. The van der Waals surface area contributed by atoms with Crippen molar-refractivity contribution < 1.29 is 13.9 Å². The van der Waals surface area contributed by atoms with Crippen molar-refractivity contribution in [2.45, 2.75) is 44.6 Å². The number of halogens is 1. The fourth-order valence-electron chi connectivity index (χ4n) is 2.40. The fourth-order valence-corrected chi connectivity index (χ4v) is 2.40. The Bertz CT molecular complexity index is 459. The van der Waals surface area contributed by atoms with Crippen molar-refractivity contribution in [1.82, 2.24) is 0 Å². The topological polar surface area (TPSA) is 64.3 Å². The molecule has 0 saturated heterocycles. The summed E-state index contributed by atoms with van der Waals surface area (Å²) in [4.78, 5) is 11.7. The van der Waals surface area contributed by atoms with Gasteiger partial charge in [-0.25, -0.2) is 4.39 Å². The Hall–Kier alpha value is -1.62. The molecule has 2 rings (SSSR count). The van der Waals surface area contributed by atoms with Gasteiger partial charge in [-0.05, 0) is 31.0 Å². The first-order valence-electron chi connectivity index (χ1n) is 7.11. The van der Waals surface area contributed by atoms with Crippen LogP contribution in [-0.2, 0) is 9.53 Å². The quantitative estimate of drug-likeness (QED) is 0.815. The second kappa shape index (κ2) is 7.24. The molecule has 0 bridgehead atoms. The molecule has 1 aliphatic rings. The third-order valence-corrected chi connectivity index (χ3v) is 3.51. The molecule has 1 aromatic carbocycles. The molecule has 3 N–H and O–H groups in total. The Labute approximate surface area is 118 Å². The van der Waals surface area contributed by atoms with Crippen molar-refractivity contribution >= 4 is 17.3 Å². The number of anilines is 2. The third kappa shape index (κ3) is 4.49. The molecule has 1 saturated carbocycles. The van der Waals surface area contributed by atoms with Gasteiger partial charge in [-0.3, -0.25) is 4.79 Å². The van der Waals surface area contributed by atoms with Gasteiger partial charge in [-0.15, -0.1) is 0 Å². The summed E-state index contributed by atoms with van der Waals surface area (Å²) < 4.78 is 18.7. The monoisotopic (exact) mass is 280 g/mol. The van der Waals surface area contributed by atoms with Crippen molar-refractivity contribution in [3.63, 3.8) is 0 Å². The summed E-state index contributed by atoms with van der Waals surface area (Å²) in [5, 5.41) is 2.68. The lowest BCUT2D eigenvalue weighted by Gasteiger charge is -2.21. The summed E-state index contributed by atoms with van der Waals surface area (Å²) in [6.45, 7) is 0.424. The number of ether oxygens (including phenoxy) is 1. The molecule has 0 spiro atoms. The highest BCUT2D eigenvalue weighted by molar-refractivity contribution is 5.91. The van der Waals surface area contributed by atoms with Gasteiger partial charge in [0, 0.05) is 5.69 Å². The van der Waals surface area contributed by atoms with E-state index in [0.29, 0.717) is 24.8 Å². The van der Waals surface area contributed by atoms with Crippen LogP contribution in [-0.4, -0.2) is 18.6 Å². The molecule has 1 aliphatic carbocycles. The second-order valence-electron chi connectivity index (χ2n) is 5.17. The van der Waals surface area contributed by atoms with Gasteiger partial charge in [-0.1, -0.05) is 19.3 Å². The molecule has 5 heteroatoms. The van der Waals surface area contributed by atoms with Crippen LogP contribution in [0.3, 0.4) is 0 Å². The predicted octanol–water partition coefficient (Wildman–Crippen LogP) is 3.09. The van der Waals surface area contributed by atoms with Crippen LogP contribution in [0.25, 0.3) is 0 Å². The highest BCUT2D eigenvalue weighted by Crippen LogP contribution is 2.20. The minimum Gasteiger partial charge on any atom is -0.396 e. The van der Waals surface area contributed by atoms with E-state index in [1.54, 1.807) is 0 Å². The first-order valence-corrected chi connectivity index (χ1v) is 7.11.